The average Bonchev–Trinajstić information content (AvgIpc) is 3.24. The van der Waals surface area contributed by atoms with Gasteiger partial charge in [0.1, 0.15) is 4.88 Å². The quantitative estimate of drug-likeness (QED) is 0.263. The van der Waals surface area contributed by atoms with E-state index in [9.17, 15) is 4.79 Å². The number of nitrogens with zero attached hydrogens (tertiary/aromatic N) is 2. The zero-order chi connectivity index (χ0) is 23.5. The molecule has 2 heterocycles. The second kappa shape index (κ2) is 12.9. The number of benzene rings is 2. The Morgan fingerprint density at radius 2 is 1.72 bits per heavy atom. The highest BCUT2D eigenvalue weighted by Crippen LogP contribution is 2.37. The summed E-state index contributed by atoms with van der Waals surface area (Å²) < 4.78 is 1.05. The lowest BCUT2D eigenvalue weighted by molar-refractivity contribution is 0.0606. The molecule has 4 aromatic rings. The van der Waals surface area contributed by atoms with Gasteiger partial charge in [0, 0.05) is 41.1 Å². The minimum atomic E-state index is 0. The van der Waals surface area contributed by atoms with Gasteiger partial charge in [-0.1, -0.05) is 48.0 Å². The molecule has 0 bridgehead atoms. The van der Waals surface area contributed by atoms with Crippen LogP contribution in [0.25, 0.3) is 21.2 Å². The maximum absolute atomic E-state index is 14.0. The van der Waals surface area contributed by atoms with Crippen molar-refractivity contribution in [1.29, 1.82) is 0 Å². The zero-order valence-corrected chi connectivity index (χ0v) is 23.2. The van der Waals surface area contributed by atoms with Crippen LogP contribution in [0.4, 0.5) is 0 Å². The third-order valence-electron chi connectivity index (χ3n) is 6.83. The molecule has 1 aliphatic rings. The number of halogens is 3. The van der Waals surface area contributed by atoms with E-state index in [1.807, 2.05) is 55.8 Å². The monoisotopic (exact) mass is 561 g/mol. The third-order valence-corrected chi connectivity index (χ3v) is 8.49. The van der Waals surface area contributed by atoms with E-state index in [1.165, 1.54) is 11.3 Å². The van der Waals surface area contributed by atoms with Gasteiger partial charge in [-0.05, 0) is 73.7 Å². The first kappa shape index (κ1) is 28.4. The maximum atomic E-state index is 14.0. The summed E-state index contributed by atoms with van der Waals surface area (Å²) in [5.74, 6) is 0.0356. The van der Waals surface area contributed by atoms with E-state index in [0.717, 1.165) is 52.5 Å². The predicted octanol–water partition coefficient (Wildman–Crippen LogP) is 7.63. The summed E-state index contributed by atoms with van der Waals surface area (Å²) in [5, 5.41) is 4.93. The van der Waals surface area contributed by atoms with Gasteiger partial charge in [-0.3, -0.25) is 9.78 Å². The summed E-state index contributed by atoms with van der Waals surface area (Å²) in [7, 11) is 2.02. The number of hydrogen-bond acceptors (Lipinski definition) is 4. The smallest absolute Gasteiger partial charge is 0.266 e. The van der Waals surface area contributed by atoms with Gasteiger partial charge in [-0.15, -0.1) is 36.2 Å². The topological polar surface area (TPSA) is 45.2 Å². The molecule has 0 aliphatic heterocycles. The molecule has 5 rings (SSSR count). The Labute approximate surface area is 233 Å². The molecule has 4 nitrogen and oxygen atoms in total. The summed E-state index contributed by atoms with van der Waals surface area (Å²) in [6, 6.07) is 21.2. The fourth-order valence-electron chi connectivity index (χ4n) is 4.92. The summed E-state index contributed by atoms with van der Waals surface area (Å²) in [6.07, 6.45) is 7.74. The number of fused-ring (bicyclic) bond motifs is 1. The van der Waals surface area contributed by atoms with Crippen LogP contribution in [0.3, 0.4) is 0 Å². The molecule has 0 atom stereocenters. The van der Waals surface area contributed by atoms with Crippen LogP contribution in [-0.4, -0.2) is 34.9 Å². The van der Waals surface area contributed by atoms with Crippen LogP contribution in [-0.2, 0) is 6.54 Å². The lowest BCUT2D eigenvalue weighted by Gasteiger charge is -2.37. The van der Waals surface area contributed by atoms with Gasteiger partial charge < -0.3 is 10.2 Å². The van der Waals surface area contributed by atoms with E-state index in [1.54, 1.807) is 0 Å². The Morgan fingerprint density at radius 3 is 2.42 bits per heavy atom. The normalized spacial score (nSPS) is 17.2. The summed E-state index contributed by atoms with van der Waals surface area (Å²) in [6.45, 7) is 0.567. The molecule has 190 valence electrons. The van der Waals surface area contributed by atoms with Crippen LogP contribution in [0.2, 0.25) is 5.02 Å². The van der Waals surface area contributed by atoms with E-state index in [0.29, 0.717) is 22.5 Å². The molecule has 2 aromatic carbocycles. The van der Waals surface area contributed by atoms with Gasteiger partial charge in [0.25, 0.3) is 5.91 Å². The van der Waals surface area contributed by atoms with Gasteiger partial charge in [0.2, 0.25) is 0 Å². The Hall–Kier alpha value is -2.15. The Kier molecular flexibility index (Phi) is 10.2. The highest BCUT2D eigenvalue weighted by molar-refractivity contribution is 7.21. The summed E-state index contributed by atoms with van der Waals surface area (Å²) in [5.41, 5.74) is 3.37. The lowest BCUT2D eigenvalue weighted by atomic mass is 9.89. The van der Waals surface area contributed by atoms with Gasteiger partial charge in [0.15, 0.2) is 0 Å². The van der Waals surface area contributed by atoms with Crippen molar-refractivity contribution < 1.29 is 4.79 Å². The van der Waals surface area contributed by atoms with E-state index < -0.39 is 0 Å². The number of nitrogens with one attached hydrogen (secondary N) is 1. The first-order valence-corrected chi connectivity index (χ1v) is 13.0. The fraction of sp³-hybridized carbons (Fsp3) is 0.286. The van der Waals surface area contributed by atoms with Crippen molar-refractivity contribution in [3.63, 3.8) is 0 Å². The molecule has 1 aliphatic carbocycles. The number of pyridine rings is 1. The van der Waals surface area contributed by atoms with E-state index in [-0.39, 0.29) is 36.8 Å². The first-order valence-electron chi connectivity index (χ1n) is 11.8. The lowest BCUT2D eigenvalue weighted by Crippen LogP contribution is -2.44. The van der Waals surface area contributed by atoms with Crippen LogP contribution in [0.15, 0.2) is 73.1 Å². The van der Waals surface area contributed by atoms with Crippen molar-refractivity contribution in [3.05, 3.63) is 88.5 Å². The number of amides is 1. The van der Waals surface area contributed by atoms with Crippen molar-refractivity contribution in [1.82, 2.24) is 15.2 Å². The van der Waals surface area contributed by atoms with Gasteiger partial charge in [-0.25, -0.2) is 0 Å². The molecular weight excluding hydrogens is 533 g/mol. The first-order chi connectivity index (χ1) is 16.6. The Morgan fingerprint density at radius 1 is 1.00 bits per heavy atom. The van der Waals surface area contributed by atoms with Gasteiger partial charge in [0.05, 0.1) is 5.02 Å². The van der Waals surface area contributed by atoms with Gasteiger partial charge in [-0.2, -0.15) is 0 Å². The zero-order valence-electron chi connectivity index (χ0n) is 20.0. The molecule has 8 heteroatoms. The van der Waals surface area contributed by atoms with Crippen molar-refractivity contribution >= 4 is 63.7 Å². The Bertz CT molecular complexity index is 1290. The molecule has 1 fully saturated rings. The number of thiophene rings is 1. The molecule has 0 unspecified atom stereocenters. The largest absolute Gasteiger partial charge is 0.331 e. The van der Waals surface area contributed by atoms with E-state index >= 15 is 0 Å². The average molecular weight is 563 g/mol. The number of rotatable bonds is 6. The van der Waals surface area contributed by atoms with E-state index in [2.05, 4.69) is 39.5 Å². The predicted molar refractivity (Wildman–Crippen MR) is 156 cm³/mol. The second-order valence-electron chi connectivity index (χ2n) is 8.90. The maximum Gasteiger partial charge on any atom is 0.266 e. The molecule has 36 heavy (non-hydrogen) atoms. The highest BCUT2D eigenvalue weighted by Gasteiger charge is 2.31. The van der Waals surface area contributed by atoms with Gasteiger partial charge >= 0.3 is 0 Å². The van der Waals surface area contributed by atoms with Crippen molar-refractivity contribution in [2.24, 2.45) is 0 Å². The van der Waals surface area contributed by atoms with Crippen LogP contribution >= 0.6 is 47.8 Å². The number of hydrogen-bond donors (Lipinski definition) is 1. The number of carbonyl (C=O) groups is 1. The molecule has 1 amide bonds. The number of carbonyl (C=O) groups excluding carboxylic acids is 1. The molecular formula is C28H30Cl3N3OS. The van der Waals surface area contributed by atoms with Crippen LogP contribution < -0.4 is 5.32 Å². The molecule has 2 aromatic heterocycles. The molecule has 1 saturated carbocycles. The SMILES string of the molecule is CNC1CCC(N(Cc2cccc(-c3ccncc3)c2)C(=O)c2sc3ccccc3c2Cl)CC1.Cl.Cl. The summed E-state index contributed by atoms with van der Waals surface area (Å²) in [4.78, 5) is 20.8. The summed E-state index contributed by atoms with van der Waals surface area (Å²) >= 11 is 8.23. The molecule has 1 N–H and O–H groups in total. The number of aromatic nitrogens is 1. The third kappa shape index (κ3) is 6.04. The van der Waals surface area contributed by atoms with Crippen LogP contribution in [0.5, 0.6) is 0 Å². The van der Waals surface area contributed by atoms with Crippen molar-refractivity contribution in [2.45, 2.75) is 44.3 Å². The standard InChI is InChI=1S/C28H28ClN3OS.2ClH/c1-30-22-9-11-23(12-10-22)32(28(33)27-26(29)24-7-2-3-8-25(24)34-27)18-19-5-4-6-21(17-19)20-13-15-31-16-14-20;;/h2-8,13-17,22-23,30H,9-12,18H2,1H3;2*1H. The molecule has 0 radical (unpaired) electrons. The van der Waals surface area contributed by atoms with Crippen LogP contribution in [0, 0.1) is 0 Å². The van der Waals surface area contributed by atoms with Crippen LogP contribution in [0.1, 0.15) is 40.9 Å². The highest BCUT2D eigenvalue weighted by atomic mass is 35.5. The minimum Gasteiger partial charge on any atom is -0.331 e. The van der Waals surface area contributed by atoms with Crippen molar-refractivity contribution in [2.75, 3.05) is 7.05 Å². The van der Waals surface area contributed by atoms with E-state index in [4.69, 9.17) is 11.6 Å². The Balaban J connectivity index is 0.00000180. The molecule has 0 saturated heterocycles. The molecule has 0 spiro atoms. The minimum absolute atomic E-state index is 0. The second-order valence-corrected chi connectivity index (χ2v) is 10.3. The fourth-order valence-corrected chi connectivity index (χ4v) is 6.38. The van der Waals surface area contributed by atoms with Crippen molar-refractivity contribution in [3.8, 4) is 11.1 Å².